The van der Waals surface area contributed by atoms with Gasteiger partial charge < -0.3 is 9.80 Å². The first kappa shape index (κ1) is 34.6. The SMILES string of the molecule is CC(C)c1cccc(C(C)C)c1N1[CH-]N(c2c(C(C)C)cccc2C(C)C)CC1.CN(C)c1ccccc1[CH]=[Ru]([Cl])[Cl]. The van der Waals surface area contributed by atoms with Crippen molar-refractivity contribution in [2.24, 2.45) is 0 Å². The Bertz CT molecular complexity index is 1220. The number of hydrogen-bond donors (Lipinski definition) is 0. The second-order valence-electron chi connectivity index (χ2n) is 12.5. The summed E-state index contributed by atoms with van der Waals surface area (Å²) in [6.07, 6.45) is 0. The Hall–Kier alpha value is -1.87. The van der Waals surface area contributed by atoms with Crippen molar-refractivity contribution in [3.8, 4) is 0 Å². The third-order valence-electron chi connectivity index (χ3n) is 7.73. The standard InChI is InChI=1S/C27H39N2.C9H11N.2ClH.Ru/c1-18(2)22-11-9-12-23(19(3)4)26(22)28-15-16-29(17-28)27-24(20(5)6)13-10-14-25(27)21(7)8;1-8-6-4-5-7-9(8)10(2)3;;;/h9-14,17-21H,15-16H2,1-8H3;1,4-7H,2-3H3;2*1H;/q-1;;;;+2/p-2. The van der Waals surface area contributed by atoms with Crippen LogP contribution < -0.4 is 14.7 Å². The maximum absolute atomic E-state index is 5.82. The molecule has 4 rings (SSSR count). The Balaban J connectivity index is 0.000000312. The normalized spacial score (nSPS) is 13.7. The van der Waals surface area contributed by atoms with Crippen LogP contribution in [0.3, 0.4) is 0 Å². The van der Waals surface area contributed by atoms with Crippen LogP contribution in [0.1, 0.15) is 107 Å². The second kappa shape index (κ2) is 15.7. The van der Waals surface area contributed by atoms with E-state index in [4.69, 9.17) is 19.4 Å². The van der Waals surface area contributed by atoms with E-state index in [1.807, 2.05) is 36.9 Å². The molecule has 0 aliphatic carbocycles. The second-order valence-corrected chi connectivity index (χ2v) is 18.2. The van der Waals surface area contributed by atoms with E-state index in [1.165, 1.54) is 33.6 Å². The van der Waals surface area contributed by atoms with E-state index in [1.54, 1.807) is 0 Å². The van der Waals surface area contributed by atoms with Crippen LogP contribution in [0.15, 0.2) is 60.7 Å². The van der Waals surface area contributed by atoms with Gasteiger partial charge in [-0.25, -0.2) is 0 Å². The predicted octanol–water partition coefficient (Wildman–Crippen LogP) is 10.5. The molecule has 232 valence electrons. The Morgan fingerprint density at radius 2 is 1.02 bits per heavy atom. The van der Waals surface area contributed by atoms with Gasteiger partial charge in [0.1, 0.15) is 0 Å². The van der Waals surface area contributed by atoms with Gasteiger partial charge in [0.05, 0.1) is 0 Å². The van der Waals surface area contributed by atoms with E-state index < -0.39 is 13.5 Å². The van der Waals surface area contributed by atoms with E-state index in [9.17, 15) is 0 Å². The molecule has 0 saturated carbocycles. The predicted molar refractivity (Wildman–Crippen MR) is 186 cm³/mol. The van der Waals surface area contributed by atoms with Crippen molar-refractivity contribution in [3.63, 3.8) is 0 Å². The summed E-state index contributed by atoms with van der Waals surface area (Å²) in [4.78, 5) is 7.06. The third-order valence-corrected chi connectivity index (χ3v) is 9.56. The zero-order valence-corrected chi connectivity index (χ0v) is 30.4. The molecule has 6 heteroatoms. The topological polar surface area (TPSA) is 9.72 Å². The average Bonchev–Trinajstić information content (AvgIpc) is 3.42. The molecule has 0 radical (unpaired) electrons. The summed E-state index contributed by atoms with van der Waals surface area (Å²) in [6.45, 7) is 22.9. The first-order valence-corrected chi connectivity index (χ1v) is 20.5. The van der Waals surface area contributed by atoms with Gasteiger partial charge in [0, 0.05) is 24.5 Å². The van der Waals surface area contributed by atoms with Crippen molar-refractivity contribution >= 4 is 41.1 Å². The fraction of sp³-hybridized carbons (Fsp3) is 0.444. The van der Waals surface area contributed by atoms with Crippen molar-refractivity contribution in [1.29, 1.82) is 0 Å². The molecule has 0 bridgehead atoms. The van der Waals surface area contributed by atoms with Crippen molar-refractivity contribution in [2.75, 3.05) is 41.9 Å². The zero-order chi connectivity index (χ0) is 31.1. The van der Waals surface area contributed by atoms with Crippen LogP contribution in [0.5, 0.6) is 0 Å². The van der Waals surface area contributed by atoms with Gasteiger partial charge in [0.15, 0.2) is 0 Å². The van der Waals surface area contributed by atoms with Crippen molar-refractivity contribution in [2.45, 2.75) is 79.1 Å². The first-order valence-electron chi connectivity index (χ1n) is 15.1. The van der Waals surface area contributed by atoms with Gasteiger partial charge >= 0.3 is 92.0 Å². The molecule has 3 nitrogen and oxygen atoms in total. The van der Waals surface area contributed by atoms with Crippen LogP contribution in [-0.2, 0) is 13.5 Å². The van der Waals surface area contributed by atoms with Gasteiger partial charge in [-0.2, -0.15) is 6.67 Å². The molecule has 0 spiro atoms. The Labute approximate surface area is 269 Å². The molecule has 42 heavy (non-hydrogen) atoms. The van der Waals surface area contributed by atoms with Gasteiger partial charge in [-0.1, -0.05) is 91.8 Å². The zero-order valence-electron chi connectivity index (χ0n) is 27.1. The summed E-state index contributed by atoms with van der Waals surface area (Å²) in [5.41, 5.74) is 10.9. The van der Waals surface area contributed by atoms with Crippen molar-refractivity contribution < 1.29 is 13.5 Å². The van der Waals surface area contributed by atoms with Crippen molar-refractivity contribution in [1.82, 2.24) is 0 Å². The molecule has 3 aromatic rings. The fourth-order valence-electron chi connectivity index (χ4n) is 5.59. The molecule has 0 atom stereocenters. The molecule has 1 saturated heterocycles. The number of nitrogens with zero attached hydrogens (tertiary/aromatic N) is 3. The number of hydrogen-bond acceptors (Lipinski definition) is 3. The van der Waals surface area contributed by atoms with E-state index in [-0.39, 0.29) is 0 Å². The van der Waals surface area contributed by atoms with E-state index in [0.717, 1.165) is 24.3 Å². The van der Waals surface area contributed by atoms with Gasteiger partial charge in [-0.3, -0.25) is 0 Å². The minimum atomic E-state index is -1.71. The Kier molecular flexibility index (Phi) is 13.0. The van der Waals surface area contributed by atoms with Crippen LogP contribution >= 0.6 is 19.4 Å². The monoisotopic (exact) mass is 696 g/mol. The number of rotatable bonds is 8. The van der Waals surface area contributed by atoms with Crippen LogP contribution in [0.25, 0.3) is 0 Å². The van der Waals surface area contributed by atoms with Gasteiger partial charge in [-0.15, -0.1) is 0 Å². The maximum atomic E-state index is 5.82. The molecule has 1 heterocycles. The molecule has 3 aromatic carbocycles. The fourth-order valence-corrected chi connectivity index (χ4v) is 7.41. The average molecular weight is 697 g/mol. The third kappa shape index (κ3) is 8.61. The Morgan fingerprint density at radius 1 is 0.643 bits per heavy atom. The summed E-state index contributed by atoms with van der Waals surface area (Å²) >= 11 is -1.71. The van der Waals surface area contributed by atoms with Crippen LogP contribution in [0.4, 0.5) is 17.1 Å². The van der Waals surface area contributed by atoms with Gasteiger partial charge in [0.2, 0.25) is 0 Å². The summed E-state index contributed by atoms with van der Waals surface area (Å²) in [7, 11) is 15.7. The molecular weight excluding hydrogens is 646 g/mol. The Morgan fingerprint density at radius 3 is 1.36 bits per heavy atom. The molecular formula is C36H50Cl2N3Ru-. The first-order chi connectivity index (χ1) is 19.8. The molecule has 0 unspecified atom stereocenters. The number of anilines is 3. The molecule has 1 aliphatic rings. The molecule has 0 aromatic heterocycles. The van der Waals surface area contributed by atoms with Crippen molar-refractivity contribution in [3.05, 3.63) is 95.1 Å². The van der Waals surface area contributed by atoms with E-state index in [2.05, 4.69) is 119 Å². The minimum absolute atomic E-state index is 0.514. The van der Waals surface area contributed by atoms with E-state index >= 15 is 0 Å². The summed E-state index contributed by atoms with van der Waals surface area (Å²) in [6, 6.07) is 21.8. The molecule has 1 aliphatic heterocycles. The van der Waals surface area contributed by atoms with Crippen LogP contribution in [-0.4, -0.2) is 31.8 Å². The van der Waals surface area contributed by atoms with Crippen LogP contribution in [0.2, 0.25) is 0 Å². The number of benzene rings is 3. The molecule has 1 fully saturated rings. The summed E-state index contributed by atoms with van der Waals surface area (Å²) < 4.78 is 1.96. The molecule has 0 N–H and O–H groups in total. The number of para-hydroxylation sites is 3. The number of halogens is 2. The molecule has 0 amide bonds. The van der Waals surface area contributed by atoms with Gasteiger partial charge in [-0.05, 0) is 45.9 Å². The summed E-state index contributed by atoms with van der Waals surface area (Å²) in [5, 5.41) is 0. The van der Waals surface area contributed by atoms with Crippen LogP contribution in [0, 0.1) is 6.67 Å². The van der Waals surface area contributed by atoms with Gasteiger partial charge in [0.25, 0.3) is 0 Å². The summed E-state index contributed by atoms with van der Waals surface area (Å²) in [5.74, 6) is 2.06. The van der Waals surface area contributed by atoms with E-state index in [0.29, 0.717) is 23.7 Å². The quantitative estimate of drug-likeness (QED) is 0.172.